The zero-order valence-electron chi connectivity index (χ0n) is 27.8. The first-order valence-electron chi connectivity index (χ1n) is 16.7. The van der Waals surface area contributed by atoms with Crippen LogP contribution in [-0.4, -0.2) is 66.6 Å². The summed E-state index contributed by atoms with van der Waals surface area (Å²) in [7, 11) is 0. The number of rotatable bonds is 10. The Morgan fingerprint density at radius 3 is 2.62 bits per heavy atom. The molecule has 2 fully saturated rings. The first-order chi connectivity index (χ1) is 23.2. The van der Waals surface area contributed by atoms with Crippen molar-refractivity contribution in [3.05, 3.63) is 83.4 Å². The van der Waals surface area contributed by atoms with Crippen molar-refractivity contribution in [3.63, 3.8) is 0 Å². The molecule has 0 radical (unpaired) electrons. The van der Waals surface area contributed by atoms with E-state index in [9.17, 15) is 4.79 Å². The van der Waals surface area contributed by atoms with Crippen LogP contribution in [0.4, 0.5) is 0 Å². The highest BCUT2D eigenvalue weighted by atomic mass is 16.6. The maximum absolute atomic E-state index is 12.9. The number of aromatic nitrogens is 5. The monoisotopic (exact) mass is 647 g/mol. The van der Waals surface area contributed by atoms with Crippen LogP contribution in [0, 0.1) is 11.3 Å². The Bertz CT molecular complexity index is 1970. The van der Waals surface area contributed by atoms with E-state index in [-0.39, 0.29) is 18.6 Å². The fourth-order valence-corrected chi connectivity index (χ4v) is 6.47. The van der Waals surface area contributed by atoms with Gasteiger partial charge in [0.25, 0.3) is 0 Å². The van der Waals surface area contributed by atoms with Crippen molar-refractivity contribution in [3.8, 4) is 11.9 Å². The summed E-state index contributed by atoms with van der Waals surface area (Å²) in [6.45, 7) is 10.3. The number of fused-ring (bicyclic) bond motifs is 2. The number of nitrogens with zero attached hydrogens (tertiary/aromatic N) is 7. The number of imidazole rings is 1. The molecule has 0 amide bonds. The normalized spacial score (nSPS) is 17.3. The number of pyridine rings is 1. The fraction of sp³-hybridized carbons (Fsp3) is 0.432. The summed E-state index contributed by atoms with van der Waals surface area (Å²) in [6, 6.07) is 19.9. The third-order valence-electron chi connectivity index (χ3n) is 9.07. The molecule has 248 valence electrons. The molecule has 2 aliphatic heterocycles. The zero-order chi connectivity index (χ0) is 33.3. The Kier molecular flexibility index (Phi) is 8.86. The van der Waals surface area contributed by atoms with Crippen LogP contribution in [0.1, 0.15) is 73.4 Å². The van der Waals surface area contributed by atoms with Crippen LogP contribution < -0.4 is 4.74 Å². The highest BCUT2D eigenvalue weighted by molar-refractivity contribution is 5.94. The third-order valence-corrected chi connectivity index (χ3v) is 9.07. The van der Waals surface area contributed by atoms with E-state index >= 15 is 0 Å². The van der Waals surface area contributed by atoms with E-state index in [0.717, 1.165) is 84.5 Å². The summed E-state index contributed by atoms with van der Waals surface area (Å²) < 4.78 is 21.5. The van der Waals surface area contributed by atoms with Gasteiger partial charge >= 0.3 is 5.97 Å². The molecule has 3 aromatic heterocycles. The van der Waals surface area contributed by atoms with Gasteiger partial charge in [0.15, 0.2) is 0 Å². The van der Waals surface area contributed by atoms with E-state index in [4.69, 9.17) is 29.4 Å². The van der Waals surface area contributed by atoms with E-state index in [1.54, 1.807) is 16.9 Å². The Hall–Kier alpha value is -4.79. The topological polar surface area (TPSA) is 120 Å². The number of hydrogen-bond donors (Lipinski definition) is 0. The van der Waals surface area contributed by atoms with Gasteiger partial charge in [-0.3, -0.25) is 9.58 Å². The lowest BCUT2D eigenvalue weighted by Crippen LogP contribution is -2.35. The summed E-state index contributed by atoms with van der Waals surface area (Å²) in [6.07, 6.45) is 4.94. The molecule has 5 heterocycles. The van der Waals surface area contributed by atoms with Crippen LogP contribution in [0.25, 0.3) is 21.9 Å². The molecule has 11 nitrogen and oxygen atoms in total. The van der Waals surface area contributed by atoms with Crippen molar-refractivity contribution < 1.29 is 19.0 Å². The van der Waals surface area contributed by atoms with Gasteiger partial charge < -0.3 is 18.8 Å². The van der Waals surface area contributed by atoms with Crippen LogP contribution in [-0.2, 0) is 35.7 Å². The Morgan fingerprint density at radius 2 is 1.88 bits per heavy atom. The summed E-state index contributed by atoms with van der Waals surface area (Å²) in [5.74, 6) is 1.62. The largest absolute Gasteiger partial charge is 0.473 e. The van der Waals surface area contributed by atoms with E-state index in [1.807, 2.05) is 63.2 Å². The smallest absolute Gasteiger partial charge is 0.338 e. The molecule has 2 aromatic carbocycles. The van der Waals surface area contributed by atoms with Crippen LogP contribution in [0.3, 0.4) is 0 Å². The summed E-state index contributed by atoms with van der Waals surface area (Å²) in [4.78, 5) is 25.2. The van der Waals surface area contributed by atoms with Crippen molar-refractivity contribution >= 4 is 27.9 Å². The van der Waals surface area contributed by atoms with Gasteiger partial charge in [0.2, 0.25) is 5.88 Å². The van der Waals surface area contributed by atoms with E-state index in [1.165, 1.54) is 0 Å². The molecule has 1 atom stereocenters. The molecular weight excluding hydrogens is 606 g/mol. The minimum absolute atomic E-state index is 0.160. The Morgan fingerprint density at radius 1 is 1.04 bits per heavy atom. The number of carbonyl (C=O) groups excluding carboxylic acids is 1. The zero-order valence-corrected chi connectivity index (χ0v) is 27.8. The van der Waals surface area contributed by atoms with Crippen molar-refractivity contribution in [2.45, 2.75) is 83.9 Å². The Labute approximate surface area is 280 Å². The molecule has 11 heteroatoms. The summed E-state index contributed by atoms with van der Waals surface area (Å²) in [5, 5.41) is 14.4. The highest BCUT2D eigenvalue weighted by Crippen LogP contribution is 2.30. The van der Waals surface area contributed by atoms with Crippen molar-refractivity contribution in [2.24, 2.45) is 0 Å². The standard InChI is InChI=1S/C37H41N7O4/c1-37(2,3)48-36(45)27-9-10-31-33(20-27)43(22-29-13-18-46-29)34(40-31)23-42-15-11-26(12-16-42)30-5-4-6-35(41-30)47-24-25-7-8-28-21-39-44(17-14-38)32(28)19-25/h4-10,19-21,26,29H,11-13,15-18,22-24H2,1-3H3/t29-/m0/s1. The van der Waals surface area contributed by atoms with Crippen molar-refractivity contribution in [1.82, 2.24) is 29.2 Å². The van der Waals surface area contributed by atoms with Crippen molar-refractivity contribution in [1.29, 1.82) is 5.26 Å². The molecular formula is C37H41N7O4. The van der Waals surface area contributed by atoms with Crippen molar-refractivity contribution in [2.75, 3.05) is 19.7 Å². The SMILES string of the molecule is CC(C)(C)OC(=O)c1ccc2nc(CN3CCC(c4cccc(OCc5ccc6cnn(CC#N)c6c5)n4)CC3)n(C[C@@H]3CCO3)c2c1. The molecule has 48 heavy (non-hydrogen) atoms. The first kappa shape index (κ1) is 31.8. The molecule has 2 aliphatic rings. The molecule has 0 spiro atoms. The molecule has 0 aliphatic carbocycles. The quantitative estimate of drug-likeness (QED) is 0.168. The van der Waals surface area contributed by atoms with Gasteiger partial charge in [-0.05, 0) is 89.0 Å². The van der Waals surface area contributed by atoms with Gasteiger partial charge in [-0.15, -0.1) is 0 Å². The maximum Gasteiger partial charge on any atom is 0.338 e. The average molecular weight is 648 g/mol. The van der Waals surface area contributed by atoms with Gasteiger partial charge in [-0.25, -0.2) is 14.8 Å². The highest BCUT2D eigenvalue weighted by Gasteiger charge is 2.27. The summed E-state index contributed by atoms with van der Waals surface area (Å²) in [5.41, 5.74) is 4.76. The fourth-order valence-electron chi connectivity index (χ4n) is 6.47. The lowest BCUT2D eigenvalue weighted by molar-refractivity contribution is -0.0592. The van der Waals surface area contributed by atoms with Gasteiger partial charge in [-0.1, -0.05) is 18.2 Å². The maximum atomic E-state index is 12.9. The van der Waals surface area contributed by atoms with E-state index < -0.39 is 5.60 Å². The average Bonchev–Trinajstić information content (AvgIpc) is 3.61. The predicted octanol–water partition coefficient (Wildman–Crippen LogP) is 6.01. The van der Waals surface area contributed by atoms with Gasteiger partial charge in [0.1, 0.15) is 24.6 Å². The number of carbonyl (C=O) groups is 1. The number of hydrogen-bond acceptors (Lipinski definition) is 9. The van der Waals surface area contributed by atoms with Gasteiger partial charge in [0.05, 0.1) is 53.6 Å². The second-order valence-electron chi connectivity index (χ2n) is 13.7. The molecule has 0 bridgehead atoms. The second-order valence-corrected chi connectivity index (χ2v) is 13.7. The lowest BCUT2D eigenvalue weighted by Gasteiger charge is -2.32. The van der Waals surface area contributed by atoms with Crippen LogP contribution in [0.5, 0.6) is 5.88 Å². The number of ether oxygens (including phenoxy) is 3. The molecule has 2 saturated heterocycles. The number of esters is 1. The Balaban J connectivity index is 1.000. The lowest BCUT2D eigenvalue weighted by atomic mass is 9.93. The first-order valence-corrected chi connectivity index (χ1v) is 16.7. The molecule has 0 saturated carbocycles. The summed E-state index contributed by atoms with van der Waals surface area (Å²) >= 11 is 0. The van der Waals surface area contributed by atoms with Gasteiger partial charge in [-0.2, -0.15) is 10.4 Å². The van der Waals surface area contributed by atoms with Crippen LogP contribution in [0.15, 0.2) is 60.8 Å². The molecule has 0 unspecified atom stereocenters. The second kappa shape index (κ2) is 13.4. The van der Waals surface area contributed by atoms with Crippen LogP contribution in [0.2, 0.25) is 0 Å². The number of benzene rings is 2. The molecule has 5 aromatic rings. The van der Waals surface area contributed by atoms with E-state index in [2.05, 4.69) is 26.7 Å². The molecule has 7 rings (SSSR count). The number of nitriles is 1. The number of likely N-dealkylation sites (tertiary alicyclic amines) is 1. The minimum Gasteiger partial charge on any atom is -0.473 e. The number of piperidine rings is 1. The minimum atomic E-state index is -0.561. The van der Waals surface area contributed by atoms with E-state index in [0.29, 0.717) is 30.5 Å². The molecule has 0 N–H and O–H groups in total. The van der Waals surface area contributed by atoms with Gasteiger partial charge in [0, 0.05) is 29.7 Å². The predicted molar refractivity (Wildman–Crippen MR) is 180 cm³/mol. The third kappa shape index (κ3) is 7.05. The van der Waals surface area contributed by atoms with Crippen LogP contribution >= 0.6 is 0 Å².